The van der Waals surface area contributed by atoms with Gasteiger partial charge in [-0.3, -0.25) is 4.79 Å². The van der Waals surface area contributed by atoms with E-state index < -0.39 is 0 Å². The summed E-state index contributed by atoms with van der Waals surface area (Å²) >= 11 is 0. The summed E-state index contributed by atoms with van der Waals surface area (Å²) in [5.74, 6) is 1.37. The molecule has 0 bridgehead atoms. The van der Waals surface area contributed by atoms with Crippen molar-refractivity contribution >= 4 is 29.0 Å². The molecule has 1 amide bonds. The largest absolute Gasteiger partial charge is 0.355 e. The van der Waals surface area contributed by atoms with Gasteiger partial charge in [0.2, 0.25) is 11.9 Å². The molecule has 3 N–H and O–H groups in total. The van der Waals surface area contributed by atoms with Crippen molar-refractivity contribution in [1.29, 1.82) is 0 Å². The van der Waals surface area contributed by atoms with Gasteiger partial charge in [0.15, 0.2) is 0 Å². The average Bonchev–Trinajstić information content (AvgIpc) is 2.82. The van der Waals surface area contributed by atoms with Crippen LogP contribution in [0.25, 0.3) is 0 Å². The van der Waals surface area contributed by atoms with E-state index >= 15 is 0 Å². The van der Waals surface area contributed by atoms with Crippen molar-refractivity contribution in [2.75, 3.05) is 36.8 Å². The molecule has 33 heavy (non-hydrogen) atoms. The number of aryl methyl sites for hydroxylation is 2. The number of para-hydroxylation sites is 1. The molecule has 0 saturated heterocycles. The van der Waals surface area contributed by atoms with Crippen LogP contribution in [0.3, 0.4) is 0 Å². The van der Waals surface area contributed by atoms with Gasteiger partial charge in [-0.05, 0) is 56.3 Å². The minimum absolute atomic E-state index is 0.0935. The van der Waals surface area contributed by atoms with E-state index in [-0.39, 0.29) is 5.91 Å². The summed E-state index contributed by atoms with van der Waals surface area (Å²) in [6.45, 7) is 9.81. The van der Waals surface area contributed by atoms with E-state index in [1.807, 2.05) is 67.6 Å². The Hall–Kier alpha value is -3.45. The van der Waals surface area contributed by atoms with Gasteiger partial charge in [0.05, 0.1) is 0 Å². The first kappa shape index (κ1) is 24.2. The van der Waals surface area contributed by atoms with Crippen molar-refractivity contribution in [1.82, 2.24) is 20.2 Å². The Labute approximate surface area is 196 Å². The molecular weight excluding hydrogens is 412 g/mol. The van der Waals surface area contributed by atoms with Crippen molar-refractivity contribution in [3.63, 3.8) is 0 Å². The molecule has 7 nitrogen and oxygen atoms in total. The Morgan fingerprint density at radius 2 is 1.61 bits per heavy atom. The molecular formula is C26H34N6O. The number of rotatable bonds is 12. The first-order valence-electron chi connectivity index (χ1n) is 11.6. The first-order chi connectivity index (χ1) is 16.1. The van der Waals surface area contributed by atoms with E-state index in [1.54, 1.807) is 0 Å². The lowest BCUT2D eigenvalue weighted by molar-refractivity contribution is -0.121. The Bertz CT molecular complexity index is 1000. The predicted octanol–water partition coefficient (Wildman–Crippen LogP) is 4.66. The Kier molecular flexibility index (Phi) is 9.20. The van der Waals surface area contributed by atoms with Gasteiger partial charge < -0.3 is 20.9 Å². The summed E-state index contributed by atoms with van der Waals surface area (Å²) in [5, 5.41) is 9.58. The van der Waals surface area contributed by atoms with Crippen LogP contribution < -0.4 is 16.0 Å². The van der Waals surface area contributed by atoms with Crippen LogP contribution in [0.15, 0.2) is 60.7 Å². The molecule has 0 radical (unpaired) electrons. The number of aromatic nitrogens is 2. The lowest BCUT2D eigenvalue weighted by Crippen LogP contribution is -2.34. The molecule has 7 heteroatoms. The highest BCUT2D eigenvalue weighted by Crippen LogP contribution is 2.19. The number of hydrogen-bond acceptors (Lipinski definition) is 6. The highest BCUT2D eigenvalue weighted by atomic mass is 16.1. The summed E-state index contributed by atoms with van der Waals surface area (Å²) in [7, 11) is 0. The topological polar surface area (TPSA) is 82.2 Å². The predicted molar refractivity (Wildman–Crippen MR) is 135 cm³/mol. The number of carbonyl (C=O) groups excluding carboxylic acids is 1. The zero-order valence-electron chi connectivity index (χ0n) is 19.8. The van der Waals surface area contributed by atoms with Gasteiger partial charge in [0.1, 0.15) is 5.82 Å². The number of carbonyl (C=O) groups is 1. The Morgan fingerprint density at radius 3 is 2.30 bits per heavy atom. The van der Waals surface area contributed by atoms with Crippen molar-refractivity contribution in [2.45, 2.75) is 33.6 Å². The maximum Gasteiger partial charge on any atom is 0.229 e. The van der Waals surface area contributed by atoms with Gasteiger partial charge in [-0.25, -0.2) is 4.98 Å². The van der Waals surface area contributed by atoms with Gasteiger partial charge in [-0.2, -0.15) is 4.98 Å². The first-order valence-corrected chi connectivity index (χ1v) is 11.6. The second-order valence-corrected chi connectivity index (χ2v) is 7.91. The third kappa shape index (κ3) is 8.20. The average molecular weight is 447 g/mol. The molecule has 0 saturated carbocycles. The summed E-state index contributed by atoms with van der Waals surface area (Å²) in [5.41, 5.74) is 3.87. The maximum absolute atomic E-state index is 12.1. The standard InChI is InChI=1S/C26H34N6O/c1-4-32(5-2)18-17-27-25(33)16-13-21-11-14-23(15-12-21)30-26-28-20(3)19-24(31-26)29-22-9-7-6-8-10-22/h6-12,14-15,19H,4-5,13,16-18H2,1-3H3,(H,27,33)(H2,28,29,30,31). The zero-order chi connectivity index (χ0) is 23.5. The number of amides is 1. The van der Waals surface area contributed by atoms with E-state index in [2.05, 4.69) is 44.7 Å². The maximum atomic E-state index is 12.1. The fourth-order valence-electron chi connectivity index (χ4n) is 3.48. The summed E-state index contributed by atoms with van der Waals surface area (Å²) in [6.07, 6.45) is 1.20. The molecule has 1 heterocycles. The van der Waals surface area contributed by atoms with Crippen molar-refractivity contribution in [3.8, 4) is 0 Å². The number of likely N-dealkylation sites (N-methyl/N-ethyl adjacent to an activating group) is 1. The molecule has 0 spiro atoms. The Balaban J connectivity index is 1.50. The van der Waals surface area contributed by atoms with Gasteiger partial charge in [-0.1, -0.05) is 44.2 Å². The fourth-order valence-corrected chi connectivity index (χ4v) is 3.48. The van der Waals surface area contributed by atoms with Gasteiger partial charge in [0, 0.05) is 42.6 Å². The molecule has 0 unspecified atom stereocenters. The number of hydrogen-bond donors (Lipinski definition) is 3. The number of benzene rings is 2. The molecule has 0 fully saturated rings. The highest BCUT2D eigenvalue weighted by molar-refractivity contribution is 5.76. The normalized spacial score (nSPS) is 10.8. The van der Waals surface area contributed by atoms with Crippen LogP contribution in [-0.2, 0) is 11.2 Å². The van der Waals surface area contributed by atoms with E-state index in [1.165, 1.54) is 0 Å². The lowest BCUT2D eigenvalue weighted by atomic mass is 10.1. The van der Waals surface area contributed by atoms with Crippen molar-refractivity contribution in [3.05, 3.63) is 71.9 Å². The van der Waals surface area contributed by atoms with E-state index in [0.29, 0.717) is 25.3 Å². The molecule has 0 aliphatic heterocycles. The van der Waals surface area contributed by atoms with Crippen LogP contribution in [0.2, 0.25) is 0 Å². The SMILES string of the molecule is CCN(CC)CCNC(=O)CCc1ccc(Nc2nc(C)cc(Nc3ccccc3)n2)cc1. The molecule has 0 aliphatic rings. The second-order valence-electron chi connectivity index (χ2n) is 7.91. The van der Waals surface area contributed by atoms with Crippen molar-refractivity contribution in [2.24, 2.45) is 0 Å². The number of nitrogens with zero attached hydrogens (tertiary/aromatic N) is 3. The minimum atomic E-state index is 0.0935. The highest BCUT2D eigenvalue weighted by Gasteiger charge is 2.06. The minimum Gasteiger partial charge on any atom is -0.355 e. The van der Waals surface area contributed by atoms with E-state index in [9.17, 15) is 4.79 Å². The van der Waals surface area contributed by atoms with Crippen LogP contribution in [-0.4, -0.2) is 47.0 Å². The molecule has 174 valence electrons. The molecule has 2 aromatic carbocycles. The van der Waals surface area contributed by atoms with E-state index in [4.69, 9.17) is 0 Å². The molecule has 0 aliphatic carbocycles. The quantitative estimate of drug-likeness (QED) is 0.375. The van der Waals surface area contributed by atoms with E-state index in [0.717, 1.165) is 48.1 Å². The van der Waals surface area contributed by atoms with Crippen LogP contribution in [0, 0.1) is 6.92 Å². The van der Waals surface area contributed by atoms with Crippen LogP contribution >= 0.6 is 0 Å². The second kappa shape index (κ2) is 12.6. The van der Waals surface area contributed by atoms with Gasteiger partial charge >= 0.3 is 0 Å². The van der Waals surface area contributed by atoms with Gasteiger partial charge in [-0.15, -0.1) is 0 Å². The van der Waals surface area contributed by atoms with Crippen LogP contribution in [0.5, 0.6) is 0 Å². The summed E-state index contributed by atoms with van der Waals surface area (Å²) < 4.78 is 0. The number of nitrogens with one attached hydrogen (secondary N) is 3. The van der Waals surface area contributed by atoms with Crippen LogP contribution in [0.4, 0.5) is 23.1 Å². The molecule has 0 atom stereocenters. The monoisotopic (exact) mass is 446 g/mol. The third-order valence-corrected chi connectivity index (χ3v) is 5.40. The smallest absolute Gasteiger partial charge is 0.229 e. The molecule has 1 aromatic heterocycles. The summed E-state index contributed by atoms with van der Waals surface area (Å²) in [4.78, 5) is 23.5. The fraction of sp³-hybridized carbons (Fsp3) is 0.346. The lowest BCUT2D eigenvalue weighted by Gasteiger charge is -2.17. The molecule has 3 rings (SSSR count). The zero-order valence-corrected chi connectivity index (χ0v) is 19.8. The third-order valence-electron chi connectivity index (χ3n) is 5.40. The van der Waals surface area contributed by atoms with Crippen LogP contribution in [0.1, 0.15) is 31.5 Å². The Morgan fingerprint density at radius 1 is 0.909 bits per heavy atom. The summed E-state index contributed by atoms with van der Waals surface area (Å²) in [6, 6.07) is 19.9. The number of anilines is 4. The van der Waals surface area contributed by atoms with Gasteiger partial charge in [0.25, 0.3) is 0 Å². The van der Waals surface area contributed by atoms with Crippen molar-refractivity contribution < 1.29 is 4.79 Å². The molecule has 3 aromatic rings.